The molecule has 0 aliphatic heterocycles. The highest BCUT2D eigenvalue weighted by Gasteiger charge is 2.16. The van der Waals surface area contributed by atoms with Crippen LogP contribution in [0.3, 0.4) is 0 Å². The fourth-order valence-electron chi connectivity index (χ4n) is 3.55. The van der Waals surface area contributed by atoms with Gasteiger partial charge in [-0.1, -0.05) is 48.5 Å². The Balaban J connectivity index is 1.45. The highest BCUT2D eigenvalue weighted by Crippen LogP contribution is 2.26. The van der Waals surface area contributed by atoms with E-state index in [-0.39, 0.29) is 0 Å². The van der Waals surface area contributed by atoms with Crippen LogP contribution in [0.2, 0.25) is 0 Å². The maximum atomic E-state index is 12.7. The number of ether oxygens (including phenoxy) is 1. The monoisotopic (exact) mass is 416 g/mol. The molecular formula is C25H24N2O4. The van der Waals surface area contributed by atoms with Crippen molar-refractivity contribution in [2.24, 2.45) is 0 Å². The number of aromatic nitrogens is 1. The van der Waals surface area contributed by atoms with Crippen molar-refractivity contribution in [3.8, 4) is 16.9 Å². The third kappa shape index (κ3) is 4.69. The largest absolute Gasteiger partial charge is 0.497 e. The smallest absolute Gasteiger partial charge is 0.428 e. The Morgan fingerprint density at radius 1 is 0.968 bits per heavy atom. The Kier molecular flexibility index (Phi) is 6.17. The molecule has 0 atom stereocenters. The van der Waals surface area contributed by atoms with Crippen molar-refractivity contribution < 1.29 is 13.9 Å². The molecule has 6 nitrogen and oxygen atoms in total. The van der Waals surface area contributed by atoms with Gasteiger partial charge in [-0.25, -0.2) is 9.59 Å². The summed E-state index contributed by atoms with van der Waals surface area (Å²) >= 11 is 0. The lowest BCUT2D eigenvalue weighted by Crippen LogP contribution is -2.34. The highest BCUT2D eigenvalue weighted by molar-refractivity contribution is 5.90. The molecule has 0 bridgehead atoms. The second-order valence-corrected chi connectivity index (χ2v) is 7.29. The van der Waals surface area contributed by atoms with Gasteiger partial charge in [0.2, 0.25) is 0 Å². The average Bonchev–Trinajstić information content (AvgIpc) is 3.14. The number of unbranched alkanes of at least 4 members (excludes halogenated alkanes) is 1. The van der Waals surface area contributed by atoms with Crippen molar-refractivity contribution in [3.05, 3.63) is 88.9 Å². The third-order valence-corrected chi connectivity index (χ3v) is 5.22. The molecule has 31 heavy (non-hydrogen) atoms. The van der Waals surface area contributed by atoms with Crippen LogP contribution in [-0.2, 0) is 6.42 Å². The molecule has 0 saturated heterocycles. The molecule has 0 fully saturated rings. The van der Waals surface area contributed by atoms with E-state index in [0.717, 1.165) is 40.7 Å². The Hall–Kier alpha value is -3.80. The first-order valence-electron chi connectivity index (χ1n) is 10.3. The van der Waals surface area contributed by atoms with Crippen molar-refractivity contribution in [2.45, 2.75) is 19.3 Å². The highest BCUT2D eigenvalue weighted by atomic mass is 16.5. The first kappa shape index (κ1) is 20.5. The van der Waals surface area contributed by atoms with Gasteiger partial charge in [0.05, 0.1) is 7.11 Å². The SMILES string of the molecule is COc1ccc(-c2ccc3oc(=O)n(C(=O)NCCCCc4ccccc4)c3c2)cc1. The zero-order chi connectivity index (χ0) is 21.6. The Morgan fingerprint density at radius 3 is 2.45 bits per heavy atom. The van der Waals surface area contributed by atoms with E-state index in [1.54, 1.807) is 19.2 Å². The van der Waals surface area contributed by atoms with E-state index >= 15 is 0 Å². The number of carbonyl (C=O) groups is 1. The van der Waals surface area contributed by atoms with Crippen LogP contribution in [0, 0.1) is 0 Å². The summed E-state index contributed by atoms with van der Waals surface area (Å²) in [6, 6.07) is 22.7. The Morgan fingerprint density at radius 2 is 1.71 bits per heavy atom. The third-order valence-electron chi connectivity index (χ3n) is 5.22. The second kappa shape index (κ2) is 9.34. The summed E-state index contributed by atoms with van der Waals surface area (Å²) in [6.07, 6.45) is 2.73. The van der Waals surface area contributed by atoms with E-state index in [4.69, 9.17) is 9.15 Å². The molecule has 0 aliphatic carbocycles. The van der Waals surface area contributed by atoms with Gasteiger partial charge in [-0.2, -0.15) is 4.57 Å². The molecule has 4 rings (SSSR count). The van der Waals surface area contributed by atoms with Crippen LogP contribution in [0.4, 0.5) is 4.79 Å². The number of hydrogen-bond donors (Lipinski definition) is 1. The minimum absolute atomic E-state index is 0.376. The summed E-state index contributed by atoms with van der Waals surface area (Å²) in [7, 11) is 1.62. The fourth-order valence-corrected chi connectivity index (χ4v) is 3.55. The maximum Gasteiger partial charge on any atom is 0.428 e. The van der Waals surface area contributed by atoms with Crippen LogP contribution in [0.1, 0.15) is 18.4 Å². The minimum Gasteiger partial charge on any atom is -0.497 e. The van der Waals surface area contributed by atoms with E-state index in [9.17, 15) is 9.59 Å². The van der Waals surface area contributed by atoms with Crippen LogP contribution < -0.4 is 15.8 Å². The van der Waals surface area contributed by atoms with Gasteiger partial charge in [0, 0.05) is 6.54 Å². The van der Waals surface area contributed by atoms with Gasteiger partial charge in [0.25, 0.3) is 0 Å². The van der Waals surface area contributed by atoms with Crippen LogP contribution in [-0.4, -0.2) is 24.3 Å². The summed E-state index contributed by atoms with van der Waals surface area (Å²) < 4.78 is 11.5. The molecule has 0 aliphatic rings. The van der Waals surface area contributed by atoms with E-state index in [0.29, 0.717) is 17.6 Å². The quantitative estimate of drug-likeness (QED) is 0.437. The number of nitrogens with zero attached hydrogens (tertiary/aromatic N) is 1. The molecule has 1 amide bonds. The molecule has 1 N–H and O–H groups in total. The summed E-state index contributed by atoms with van der Waals surface area (Å²) in [6.45, 7) is 0.489. The number of carbonyl (C=O) groups excluding carboxylic acids is 1. The topological polar surface area (TPSA) is 73.5 Å². The lowest BCUT2D eigenvalue weighted by molar-refractivity contribution is 0.241. The summed E-state index contributed by atoms with van der Waals surface area (Å²) in [4.78, 5) is 25.0. The number of fused-ring (bicyclic) bond motifs is 1. The fraction of sp³-hybridized carbons (Fsp3) is 0.200. The van der Waals surface area contributed by atoms with Gasteiger partial charge in [-0.15, -0.1) is 0 Å². The number of oxazole rings is 1. The molecule has 0 saturated carbocycles. The lowest BCUT2D eigenvalue weighted by Gasteiger charge is -2.07. The minimum atomic E-state index is -0.691. The molecule has 0 spiro atoms. The first-order valence-corrected chi connectivity index (χ1v) is 10.3. The number of aryl methyl sites for hydroxylation is 1. The zero-order valence-corrected chi connectivity index (χ0v) is 17.3. The van der Waals surface area contributed by atoms with Gasteiger partial charge < -0.3 is 14.5 Å². The van der Waals surface area contributed by atoms with Gasteiger partial charge >= 0.3 is 11.8 Å². The Labute approximate surface area is 180 Å². The van der Waals surface area contributed by atoms with E-state index in [1.165, 1.54) is 5.56 Å². The molecule has 0 unspecified atom stereocenters. The average molecular weight is 416 g/mol. The van der Waals surface area contributed by atoms with Gasteiger partial charge in [0.15, 0.2) is 5.58 Å². The van der Waals surface area contributed by atoms with Gasteiger partial charge in [-0.3, -0.25) is 0 Å². The van der Waals surface area contributed by atoms with Crippen molar-refractivity contribution >= 4 is 17.1 Å². The maximum absolute atomic E-state index is 12.7. The van der Waals surface area contributed by atoms with Crippen molar-refractivity contribution in [1.29, 1.82) is 0 Å². The van der Waals surface area contributed by atoms with E-state index in [1.807, 2.05) is 48.5 Å². The van der Waals surface area contributed by atoms with E-state index < -0.39 is 11.8 Å². The summed E-state index contributed by atoms with van der Waals surface area (Å²) in [5.41, 5.74) is 3.92. The molecule has 3 aromatic carbocycles. The summed E-state index contributed by atoms with van der Waals surface area (Å²) in [5.74, 6) is 0.0698. The Bertz CT molecular complexity index is 1220. The van der Waals surface area contributed by atoms with Crippen LogP contribution in [0.5, 0.6) is 5.75 Å². The first-order chi connectivity index (χ1) is 15.2. The molecule has 6 heteroatoms. The number of nitrogens with one attached hydrogen (secondary N) is 1. The predicted octanol–water partition coefficient (Wildman–Crippen LogP) is 4.85. The number of benzene rings is 3. The molecule has 1 aromatic heterocycles. The molecule has 0 radical (unpaired) electrons. The van der Waals surface area contributed by atoms with Crippen molar-refractivity contribution in [1.82, 2.24) is 9.88 Å². The number of hydrogen-bond acceptors (Lipinski definition) is 4. The van der Waals surface area contributed by atoms with Crippen molar-refractivity contribution in [2.75, 3.05) is 13.7 Å². The zero-order valence-electron chi connectivity index (χ0n) is 17.3. The van der Waals surface area contributed by atoms with Crippen molar-refractivity contribution in [3.63, 3.8) is 0 Å². The number of amides is 1. The summed E-state index contributed by atoms with van der Waals surface area (Å²) in [5, 5.41) is 2.83. The predicted molar refractivity (Wildman–Crippen MR) is 121 cm³/mol. The second-order valence-electron chi connectivity index (χ2n) is 7.29. The van der Waals surface area contributed by atoms with E-state index in [2.05, 4.69) is 17.4 Å². The van der Waals surface area contributed by atoms with Crippen LogP contribution in [0.15, 0.2) is 82.0 Å². The van der Waals surface area contributed by atoms with Gasteiger partial charge in [-0.05, 0) is 60.2 Å². The molecular weight excluding hydrogens is 392 g/mol. The van der Waals surface area contributed by atoms with Gasteiger partial charge in [0.1, 0.15) is 11.3 Å². The van der Waals surface area contributed by atoms with Crippen LogP contribution in [0.25, 0.3) is 22.2 Å². The molecule has 4 aromatic rings. The standard InChI is InChI=1S/C25H24N2O4/c1-30-21-13-10-19(11-14-21)20-12-15-23-22(17-20)27(25(29)31-23)24(28)26-16-6-5-9-18-7-3-2-4-8-18/h2-4,7-8,10-15,17H,5-6,9,16H2,1H3,(H,26,28). The molecule has 158 valence electrons. The lowest BCUT2D eigenvalue weighted by atomic mass is 10.1. The van der Waals surface area contributed by atoms with Crippen LogP contribution >= 0.6 is 0 Å². The number of rotatable bonds is 7. The number of methoxy groups -OCH3 is 1. The molecule has 1 heterocycles. The normalized spacial score (nSPS) is 10.9.